The Morgan fingerprint density at radius 3 is 2.17 bits per heavy atom. The minimum atomic E-state index is 0.0106. The summed E-state index contributed by atoms with van der Waals surface area (Å²) in [6.07, 6.45) is 1.09. The largest absolute Gasteiger partial charge is 0.143 e. The Bertz CT molecular complexity index is 517. The molecular weight excluding hydrogens is 280 g/mol. The average molecular weight is 299 g/mol. The molecule has 0 saturated carbocycles. The monoisotopic (exact) mass is 298 g/mol. The molecule has 1 unspecified atom stereocenters. The summed E-state index contributed by atoms with van der Waals surface area (Å²) in [5.41, 5.74) is 0.212. The van der Waals surface area contributed by atoms with Gasteiger partial charge in [-0.3, -0.25) is 0 Å². The summed E-state index contributed by atoms with van der Waals surface area (Å²) in [5, 5.41) is 0.0106. The Labute approximate surface area is 123 Å². The summed E-state index contributed by atoms with van der Waals surface area (Å²) in [6, 6.07) is 8.74. The fourth-order valence-electron chi connectivity index (χ4n) is 1.75. The molecule has 98 valence electrons. The van der Waals surface area contributed by atoms with Crippen LogP contribution in [0.5, 0.6) is 0 Å². The molecule has 0 radical (unpaired) electrons. The van der Waals surface area contributed by atoms with Gasteiger partial charge in [0, 0.05) is 19.5 Å². The van der Waals surface area contributed by atoms with Gasteiger partial charge in [0.1, 0.15) is 5.38 Å². The SMILES string of the molecule is CCc1ccc(C(Cl)c2ccc(C(C)(C)C)s2)s1. The van der Waals surface area contributed by atoms with Crippen molar-refractivity contribution in [1.82, 2.24) is 0 Å². The molecule has 0 bridgehead atoms. The quantitative estimate of drug-likeness (QED) is 0.610. The Morgan fingerprint density at radius 1 is 1.06 bits per heavy atom. The Balaban J connectivity index is 2.23. The number of hydrogen-bond acceptors (Lipinski definition) is 2. The van der Waals surface area contributed by atoms with Gasteiger partial charge in [-0.15, -0.1) is 34.3 Å². The van der Waals surface area contributed by atoms with Crippen LogP contribution in [0.3, 0.4) is 0 Å². The molecule has 18 heavy (non-hydrogen) atoms. The van der Waals surface area contributed by atoms with E-state index in [2.05, 4.69) is 52.0 Å². The minimum Gasteiger partial charge on any atom is -0.143 e. The highest BCUT2D eigenvalue weighted by atomic mass is 35.5. The first-order valence-electron chi connectivity index (χ1n) is 6.24. The standard InChI is InChI=1S/C15H19ClS2/c1-5-10-6-7-11(17-10)14(16)12-8-9-13(18-12)15(2,3)4/h6-9,14H,5H2,1-4H3. The van der Waals surface area contributed by atoms with E-state index in [0.717, 1.165) is 6.42 Å². The number of halogens is 1. The molecule has 2 rings (SSSR count). The fraction of sp³-hybridized carbons (Fsp3) is 0.467. The summed E-state index contributed by atoms with van der Waals surface area (Å²) in [6.45, 7) is 8.91. The van der Waals surface area contributed by atoms with E-state index in [1.165, 1.54) is 19.5 Å². The van der Waals surface area contributed by atoms with E-state index in [-0.39, 0.29) is 10.8 Å². The highest BCUT2D eigenvalue weighted by Gasteiger charge is 2.20. The smallest absolute Gasteiger partial charge is 0.102 e. The maximum absolute atomic E-state index is 6.59. The van der Waals surface area contributed by atoms with E-state index in [9.17, 15) is 0 Å². The summed E-state index contributed by atoms with van der Waals surface area (Å²) in [5.74, 6) is 0. The number of thiophene rings is 2. The normalized spacial score (nSPS) is 13.8. The number of hydrogen-bond donors (Lipinski definition) is 0. The van der Waals surface area contributed by atoms with Crippen molar-refractivity contribution in [3.63, 3.8) is 0 Å². The van der Waals surface area contributed by atoms with Crippen LogP contribution in [-0.2, 0) is 11.8 Å². The van der Waals surface area contributed by atoms with Crippen molar-refractivity contribution in [3.8, 4) is 0 Å². The second-order valence-electron chi connectivity index (χ2n) is 5.47. The second-order valence-corrected chi connectivity index (χ2v) is 8.22. The molecule has 0 nitrogen and oxygen atoms in total. The molecule has 3 heteroatoms. The third-order valence-electron chi connectivity index (χ3n) is 2.90. The average Bonchev–Trinajstić information content (AvgIpc) is 2.96. The molecule has 0 aromatic carbocycles. The Kier molecular flexibility index (Phi) is 4.20. The van der Waals surface area contributed by atoms with Gasteiger partial charge in [0.25, 0.3) is 0 Å². The number of aryl methyl sites for hydroxylation is 1. The van der Waals surface area contributed by atoms with Crippen molar-refractivity contribution in [2.24, 2.45) is 0 Å². The van der Waals surface area contributed by atoms with Crippen LogP contribution in [0, 0.1) is 0 Å². The van der Waals surface area contributed by atoms with Crippen molar-refractivity contribution in [1.29, 1.82) is 0 Å². The van der Waals surface area contributed by atoms with Crippen LogP contribution < -0.4 is 0 Å². The highest BCUT2D eigenvalue weighted by molar-refractivity contribution is 7.14. The van der Waals surface area contributed by atoms with Crippen LogP contribution in [-0.4, -0.2) is 0 Å². The maximum Gasteiger partial charge on any atom is 0.102 e. The minimum absolute atomic E-state index is 0.0106. The molecule has 2 aromatic rings. The van der Waals surface area contributed by atoms with Gasteiger partial charge in [0.2, 0.25) is 0 Å². The molecule has 0 aliphatic rings. The predicted octanol–water partition coefficient (Wildman–Crippen LogP) is 6.00. The van der Waals surface area contributed by atoms with Gasteiger partial charge in [-0.25, -0.2) is 0 Å². The molecule has 2 heterocycles. The number of rotatable bonds is 3. The summed E-state index contributed by atoms with van der Waals surface area (Å²) in [4.78, 5) is 5.32. The van der Waals surface area contributed by atoms with E-state index in [4.69, 9.17) is 11.6 Å². The topological polar surface area (TPSA) is 0 Å². The fourth-order valence-corrected chi connectivity index (χ4v) is 4.25. The first-order chi connectivity index (χ1) is 8.41. The zero-order valence-electron chi connectivity index (χ0n) is 11.3. The molecule has 2 aromatic heterocycles. The second kappa shape index (κ2) is 5.36. The molecule has 0 saturated heterocycles. The summed E-state index contributed by atoms with van der Waals surface area (Å²) < 4.78 is 0. The molecular formula is C15H19ClS2. The molecule has 0 spiro atoms. The van der Waals surface area contributed by atoms with Gasteiger partial charge >= 0.3 is 0 Å². The summed E-state index contributed by atoms with van der Waals surface area (Å²) in [7, 11) is 0. The highest BCUT2D eigenvalue weighted by Crippen LogP contribution is 2.39. The lowest BCUT2D eigenvalue weighted by atomic mass is 9.95. The van der Waals surface area contributed by atoms with Crippen molar-refractivity contribution in [3.05, 3.63) is 43.8 Å². The lowest BCUT2D eigenvalue weighted by Gasteiger charge is -2.15. The van der Waals surface area contributed by atoms with Crippen LogP contribution in [0.4, 0.5) is 0 Å². The van der Waals surface area contributed by atoms with Crippen LogP contribution in [0.25, 0.3) is 0 Å². The molecule has 0 N–H and O–H groups in total. The zero-order valence-corrected chi connectivity index (χ0v) is 13.7. The van der Waals surface area contributed by atoms with Crippen molar-refractivity contribution < 1.29 is 0 Å². The van der Waals surface area contributed by atoms with E-state index >= 15 is 0 Å². The van der Waals surface area contributed by atoms with Gasteiger partial charge in [0.15, 0.2) is 0 Å². The third kappa shape index (κ3) is 2.98. The lowest BCUT2D eigenvalue weighted by Crippen LogP contribution is -2.07. The Morgan fingerprint density at radius 2 is 1.67 bits per heavy atom. The van der Waals surface area contributed by atoms with E-state index in [0.29, 0.717) is 0 Å². The molecule has 0 fully saturated rings. The van der Waals surface area contributed by atoms with E-state index in [1.54, 1.807) is 0 Å². The van der Waals surface area contributed by atoms with Crippen LogP contribution in [0.1, 0.15) is 52.6 Å². The van der Waals surface area contributed by atoms with Crippen molar-refractivity contribution in [2.75, 3.05) is 0 Å². The van der Waals surface area contributed by atoms with Crippen molar-refractivity contribution in [2.45, 2.75) is 44.9 Å². The third-order valence-corrected chi connectivity index (χ3v) is 6.50. The number of alkyl halides is 1. The van der Waals surface area contributed by atoms with E-state index < -0.39 is 0 Å². The van der Waals surface area contributed by atoms with Crippen LogP contribution in [0.15, 0.2) is 24.3 Å². The van der Waals surface area contributed by atoms with E-state index in [1.807, 2.05) is 22.7 Å². The molecule has 0 aliphatic carbocycles. The van der Waals surface area contributed by atoms with Gasteiger partial charge in [0.05, 0.1) is 0 Å². The first-order valence-corrected chi connectivity index (χ1v) is 8.31. The van der Waals surface area contributed by atoms with Crippen molar-refractivity contribution >= 4 is 34.3 Å². The van der Waals surface area contributed by atoms with Crippen LogP contribution >= 0.6 is 34.3 Å². The molecule has 0 aliphatic heterocycles. The molecule has 0 amide bonds. The Hall–Kier alpha value is -0.310. The van der Waals surface area contributed by atoms with Crippen LogP contribution in [0.2, 0.25) is 0 Å². The van der Waals surface area contributed by atoms with Gasteiger partial charge < -0.3 is 0 Å². The van der Waals surface area contributed by atoms with Gasteiger partial charge in [-0.05, 0) is 36.1 Å². The first kappa shape index (κ1) is 14.1. The lowest BCUT2D eigenvalue weighted by molar-refractivity contribution is 0.604. The maximum atomic E-state index is 6.59. The summed E-state index contributed by atoms with van der Waals surface area (Å²) >= 11 is 10.2. The van der Waals surface area contributed by atoms with Gasteiger partial charge in [-0.2, -0.15) is 0 Å². The zero-order chi connectivity index (χ0) is 13.3. The predicted molar refractivity (Wildman–Crippen MR) is 84.4 cm³/mol. The molecule has 1 atom stereocenters. The van der Waals surface area contributed by atoms with Gasteiger partial charge in [-0.1, -0.05) is 27.7 Å².